The van der Waals surface area contributed by atoms with Crippen LogP contribution in [0.3, 0.4) is 0 Å². The summed E-state index contributed by atoms with van der Waals surface area (Å²) in [5.74, 6) is 0.931. The lowest BCUT2D eigenvalue weighted by Crippen LogP contribution is -2.25. The van der Waals surface area contributed by atoms with Gasteiger partial charge in [-0.25, -0.2) is 0 Å². The number of para-hydroxylation sites is 2. The quantitative estimate of drug-likeness (QED) is 0.748. The normalized spacial score (nSPS) is 16.7. The Balaban J connectivity index is 1.42. The number of carbonyl (C=O) groups is 1. The molecule has 142 valence electrons. The van der Waals surface area contributed by atoms with E-state index in [-0.39, 0.29) is 5.91 Å². The molecule has 0 radical (unpaired) electrons. The minimum atomic E-state index is -0.424. The fraction of sp³-hybridized carbons (Fsp3) is 0.273. The molecule has 2 aliphatic rings. The number of ether oxygens (including phenoxy) is 2. The van der Waals surface area contributed by atoms with Gasteiger partial charge in [0, 0.05) is 30.5 Å². The Hall–Kier alpha value is -3.12. The molecule has 6 nitrogen and oxygen atoms in total. The first-order chi connectivity index (χ1) is 13.8. The standard InChI is InChI=1S/C22H21N3O3/c26-22(24-15-13-23-25(14-15)16-9-11-27-12-10-16)21-17-5-1-3-7-19(17)28-20-8-4-2-6-18(20)21/h1-8,13-14,16,21H,9-12H2,(H,24,26). The molecule has 0 aliphatic carbocycles. The first-order valence-corrected chi connectivity index (χ1v) is 9.58. The predicted molar refractivity (Wildman–Crippen MR) is 105 cm³/mol. The number of benzene rings is 2. The van der Waals surface area contributed by atoms with Crippen LogP contribution in [0.25, 0.3) is 0 Å². The second-order valence-corrected chi connectivity index (χ2v) is 7.15. The Bertz CT molecular complexity index is 962. The molecule has 1 fully saturated rings. The third-order valence-electron chi connectivity index (χ3n) is 5.38. The average Bonchev–Trinajstić information content (AvgIpc) is 3.21. The van der Waals surface area contributed by atoms with E-state index in [2.05, 4.69) is 10.4 Å². The number of nitrogens with zero attached hydrogens (tertiary/aromatic N) is 2. The van der Waals surface area contributed by atoms with Crippen molar-refractivity contribution < 1.29 is 14.3 Å². The molecule has 28 heavy (non-hydrogen) atoms. The molecule has 0 saturated carbocycles. The van der Waals surface area contributed by atoms with E-state index in [0.717, 1.165) is 48.7 Å². The number of aromatic nitrogens is 2. The van der Waals surface area contributed by atoms with Crippen molar-refractivity contribution in [1.29, 1.82) is 0 Å². The number of anilines is 1. The Kier molecular flexibility index (Phi) is 4.33. The van der Waals surface area contributed by atoms with Gasteiger partial charge < -0.3 is 14.8 Å². The van der Waals surface area contributed by atoms with Crippen LogP contribution in [0, 0.1) is 0 Å². The minimum Gasteiger partial charge on any atom is -0.457 e. The molecule has 2 aliphatic heterocycles. The maximum atomic E-state index is 13.3. The van der Waals surface area contributed by atoms with Gasteiger partial charge >= 0.3 is 0 Å². The smallest absolute Gasteiger partial charge is 0.236 e. The molecule has 1 N–H and O–H groups in total. The lowest BCUT2D eigenvalue weighted by molar-refractivity contribution is -0.116. The molecule has 1 aromatic heterocycles. The molecule has 3 heterocycles. The highest BCUT2D eigenvalue weighted by molar-refractivity contribution is 5.99. The van der Waals surface area contributed by atoms with Gasteiger partial charge in [-0.1, -0.05) is 36.4 Å². The molecular formula is C22H21N3O3. The molecule has 2 aromatic carbocycles. The molecule has 0 bridgehead atoms. The summed E-state index contributed by atoms with van der Waals surface area (Å²) in [7, 11) is 0. The molecule has 0 atom stereocenters. The summed E-state index contributed by atoms with van der Waals surface area (Å²) in [6, 6.07) is 15.7. The van der Waals surface area contributed by atoms with E-state index in [1.807, 2.05) is 59.4 Å². The topological polar surface area (TPSA) is 65.4 Å². The van der Waals surface area contributed by atoms with Crippen molar-refractivity contribution in [2.75, 3.05) is 18.5 Å². The number of rotatable bonds is 3. The number of hydrogen-bond acceptors (Lipinski definition) is 4. The highest BCUT2D eigenvalue weighted by Gasteiger charge is 2.32. The number of nitrogens with one attached hydrogen (secondary N) is 1. The van der Waals surface area contributed by atoms with Crippen LogP contribution in [-0.4, -0.2) is 28.9 Å². The molecule has 0 spiro atoms. The van der Waals surface area contributed by atoms with Gasteiger partial charge in [-0.3, -0.25) is 9.48 Å². The van der Waals surface area contributed by atoms with Gasteiger partial charge in [-0.05, 0) is 25.0 Å². The third kappa shape index (κ3) is 3.05. The van der Waals surface area contributed by atoms with Crippen molar-refractivity contribution in [3.63, 3.8) is 0 Å². The number of fused-ring (bicyclic) bond motifs is 2. The third-order valence-corrected chi connectivity index (χ3v) is 5.38. The summed E-state index contributed by atoms with van der Waals surface area (Å²) in [4.78, 5) is 13.3. The first-order valence-electron chi connectivity index (χ1n) is 9.58. The molecule has 0 unspecified atom stereocenters. The van der Waals surface area contributed by atoms with Crippen molar-refractivity contribution in [3.05, 3.63) is 72.1 Å². The van der Waals surface area contributed by atoms with Crippen LogP contribution in [0.4, 0.5) is 5.69 Å². The van der Waals surface area contributed by atoms with Gasteiger partial charge in [0.1, 0.15) is 11.5 Å². The number of carbonyl (C=O) groups excluding carboxylic acids is 1. The van der Waals surface area contributed by atoms with Crippen molar-refractivity contribution >= 4 is 11.6 Å². The zero-order chi connectivity index (χ0) is 18.9. The summed E-state index contributed by atoms with van der Waals surface area (Å²) in [6.07, 6.45) is 5.50. The van der Waals surface area contributed by atoms with Gasteiger partial charge in [0.05, 0.1) is 23.8 Å². The monoisotopic (exact) mass is 375 g/mol. The maximum Gasteiger partial charge on any atom is 0.236 e. The van der Waals surface area contributed by atoms with Crippen LogP contribution in [0.2, 0.25) is 0 Å². The number of amides is 1. The van der Waals surface area contributed by atoms with Crippen LogP contribution in [0.15, 0.2) is 60.9 Å². The van der Waals surface area contributed by atoms with Gasteiger partial charge in [0.15, 0.2) is 0 Å². The average molecular weight is 375 g/mol. The van der Waals surface area contributed by atoms with Crippen molar-refractivity contribution in [1.82, 2.24) is 9.78 Å². The lowest BCUT2D eigenvalue weighted by Gasteiger charge is -2.27. The van der Waals surface area contributed by atoms with Crippen molar-refractivity contribution in [2.24, 2.45) is 0 Å². The second kappa shape index (κ2) is 7.13. The Labute approximate surface area is 163 Å². The molecule has 1 amide bonds. The molecule has 1 saturated heterocycles. The predicted octanol–water partition coefficient (Wildman–Crippen LogP) is 4.11. The van der Waals surface area contributed by atoms with Crippen molar-refractivity contribution in [3.8, 4) is 11.5 Å². The summed E-state index contributed by atoms with van der Waals surface area (Å²) >= 11 is 0. The summed E-state index contributed by atoms with van der Waals surface area (Å²) in [5.41, 5.74) is 2.45. The van der Waals surface area contributed by atoms with Crippen LogP contribution in [0.1, 0.15) is 35.9 Å². The van der Waals surface area contributed by atoms with Gasteiger partial charge in [0.2, 0.25) is 5.91 Å². The highest BCUT2D eigenvalue weighted by Crippen LogP contribution is 2.44. The SMILES string of the molecule is O=C(Nc1cnn(C2CCOCC2)c1)C1c2ccccc2Oc2ccccc21. The van der Waals surface area contributed by atoms with Crippen LogP contribution < -0.4 is 10.1 Å². The van der Waals surface area contributed by atoms with Crippen molar-refractivity contribution in [2.45, 2.75) is 24.8 Å². The largest absolute Gasteiger partial charge is 0.457 e. The first kappa shape index (κ1) is 17.0. The molecule has 5 rings (SSSR count). The Morgan fingerprint density at radius 1 is 1.00 bits per heavy atom. The van der Waals surface area contributed by atoms with Gasteiger partial charge in [0.25, 0.3) is 0 Å². The van der Waals surface area contributed by atoms with E-state index in [9.17, 15) is 4.79 Å². The summed E-state index contributed by atoms with van der Waals surface area (Å²) in [6.45, 7) is 1.50. The van der Waals surface area contributed by atoms with E-state index >= 15 is 0 Å². The number of hydrogen-bond donors (Lipinski definition) is 1. The van der Waals surface area contributed by atoms with E-state index < -0.39 is 5.92 Å². The van der Waals surface area contributed by atoms with Crippen LogP contribution in [0.5, 0.6) is 11.5 Å². The zero-order valence-electron chi connectivity index (χ0n) is 15.4. The minimum absolute atomic E-state index is 0.0882. The van der Waals surface area contributed by atoms with E-state index in [1.54, 1.807) is 6.20 Å². The Morgan fingerprint density at radius 3 is 2.32 bits per heavy atom. The maximum absolute atomic E-state index is 13.3. The second-order valence-electron chi connectivity index (χ2n) is 7.15. The van der Waals surface area contributed by atoms with Gasteiger partial charge in [-0.15, -0.1) is 0 Å². The molecular weight excluding hydrogens is 354 g/mol. The van der Waals surface area contributed by atoms with E-state index in [4.69, 9.17) is 9.47 Å². The zero-order valence-corrected chi connectivity index (χ0v) is 15.4. The van der Waals surface area contributed by atoms with Gasteiger partial charge in [-0.2, -0.15) is 5.10 Å². The van der Waals surface area contributed by atoms with Crippen LogP contribution >= 0.6 is 0 Å². The molecule has 3 aromatic rings. The molecule has 6 heteroatoms. The van der Waals surface area contributed by atoms with E-state index in [0.29, 0.717) is 11.7 Å². The fourth-order valence-corrected chi connectivity index (χ4v) is 3.96. The lowest BCUT2D eigenvalue weighted by atomic mass is 9.87. The Morgan fingerprint density at radius 2 is 1.64 bits per heavy atom. The van der Waals surface area contributed by atoms with Crippen LogP contribution in [-0.2, 0) is 9.53 Å². The summed E-state index contributed by atoms with van der Waals surface area (Å²) < 4.78 is 13.3. The summed E-state index contributed by atoms with van der Waals surface area (Å²) in [5, 5.41) is 7.49. The highest BCUT2D eigenvalue weighted by atomic mass is 16.5. The van der Waals surface area contributed by atoms with E-state index in [1.165, 1.54) is 0 Å². The fourth-order valence-electron chi connectivity index (χ4n) is 3.96.